The predicted molar refractivity (Wildman–Crippen MR) is 301 cm³/mol. The van der Waals surface area contributed by atoms with Crippen molar-refractivity contribution >= 4 is 65.0 Å². The van der Waals surface area contributed by atoms with Gasteiger partial charge in [0.25, 0.3) is 0 Å². The second-order valence-electron chi connectivity index (χ2n) is 21.8. The van der Waals surface area contributed by atoms with Crippen LogP contribution >= 0.6 is 0 Å². The van der Waals surface area contributed by atoms with E-state index in [1.54, 1.807) is 27.7 Å². The zero-order valence-electron chi connectivity index (χ0n) is 48.7. The molecule has 1 fully saturated rings. The molecule has 23 N–H and O–H groups in total. The molecule has 0 spiro atoms. The number of carbonyl (C=O) groups is 11. The van der Waals surface area contributed by atoms with Gasteiger partial charge < -0.3 is 97.4 Å². The smallest absolute Gasteiger partial charge is 0.245 e. The maximum Gasteiger partial charge on any atom is 0.245 e. The highest BCUT2D eigenvalue weighted by Gasteiger charge is 2.37. The van der Waals surface area contributed by atoms with Crippen molar-refractivity contribution in [2.45, 2.75) is 193 Å². The van der Waals surface area contributed by atoms with Crippen LogP contribution in [0.15, 0.2) is 0 Å². The quantitative estimate of drug-likeness (QED) is 0.0341. The number of aliphatic hydroxyl groups excluding tert-OH is 2. The molecule has 29 nitrogen and oxygen atoms in total. The lowest BCUT2D eigenvalue weighted by Crippen LogP contribution is -2.62. The van der Waals surface area contributed by atoms with E-state index in [1.165, 1.54) is 13.8 Å². The summed E-state index contributed by atoms with van der Waals surface area (Å²) in [6, 6.07) is -13.0. The molecule has 0 aromatic carbocycles. The van der Waals surface area contributed by atoms with Crippen LogP contribution in [0, 0.1) is 23.7 Å². The topological polar surface area (TPSA) is 491 Å². The van der Waals surface area contributed by atoms with Gasteiger partial charge in [-0.15, -0.1) is 0 Å². The Hall–Kier alpha value is -6.11. The van der Waals surface area contributed by atoms with Gasteiger partial charge in [0.1, 0.15) is 54.4 Å². The summed E-state index contributed by atoms with van der Waals surface area (Å²) in [5.41, 5.74) is 29.2. The number of amides is 11. The molecular weight excluding hydrogens is 1060 g/mol. The summed E-state index contributed by atoms with van der Waals surface area (Å²) in [6.07, 6.45) is -1.74. The van der Waals surface area contributed by atoms with Crippen LogP contribution in [0.5, 0.6) is 0 Å². The van der Waals surface area contributed by atoms with E-state index in [1.807, 2.05) is 0 Å². The largest absolute Gasteiger partial charge is 0.391 e. The highest BCUT2D eigenvalue weighted by Crippen LogP contribution is 2.14. The summed E-state index contributed by atoms with van der Waals surface area (Å²) in [5.74, 6) is -10.3. The average molecular weight is 1160 g/mol. The van der Waals surface area contributed by atoms with E-state index in [0.717, 1.165) is 12.8 Å². The van der Waals surface area contributed by atoms with E-state index < -0.39 is 156 Å². The highest BCUT2D eigenvalue weighted by atomic mass is 16.3. The maximum absolute atomic E-state index is 14.4. The Bertz CT molecular complexity index is 2050. The summed E-state index contributed by atoms with van der Waals surface area (Å²) in [4.78, 5) is 152. The molecule has 81 heavy (non-hydrogen) atoms. The summed E-state index contributed by atoms with van der Waals surface area (Å²) in [7, 11) is 0. The van der Waals surface area contributed by atoms with Gasteiger partial charge in [0, 0.05) is 19.5 Å². The van der Waals surface area contributed by atoms with Crippen LogP contribution in [-0.2, 0) is 52.7 Å². The lowest BCUT2D eigenvalue weighted by Gasteiger charge is -2.29. The van der Waals surface area contributed by atoms with Gasteiger partial charge in [-0.05, 0) is 116 Å². The molecule has 7 unspecified atom stereocenters. The molecule has 29 heteroatoms. The third-order valence-electron chi connectivity index (χ3n) is 13.4. The molecule has 1 rings (SSSR count). The third kappa shape index (κ3) is 27.0. The highest BCUT2D eigenvalue weighted by molar-refractivity contribution is 5.98. The Morgan fingerprint density at radius 2 is 1.04 bits per heavy atom. The van der Waals surface area contributed by atoms with Crippen molar-refractivity contribution in [3.63, 3.8) is 0 Å². The molecule has 464 valence electrons. The molecule has 0 saturated carbocycles. The summed E-state index contributed by atoms with van der Waals surface area (Å²) >= 11 is 0. The number of rotatable bonds is 27. The van der Waals surface area contributed by atoms with Crippen molar-refractivity contribution in [1.29, 1.82) is 0 Å². The number of nitrogens with two attached hydrogens (primary N) is 5. The second-order valence-corrected chi connectivity index (χ2v) is 21.8. The van der Waals surface area contributed by atoms with Gasteiger partial charge in [-0.2, -0.15) is 0 Å². The Morgan fingerprint density at radius 1 is 0.531 bits per heavy atom. The van der Waals surface area contributed by atoms with Gasteiger partial charge in [0.05, 0.1) is 18.1 Å². The van der Waals surface area contributed by atoms with Crippen LogP contribution in [0.25, 0.3) is 0 Å². The molecule has 0 aliphatic carbocycles. The fourth-order valence-electron chi connectivity index (χ4n) is 8.62. The molecule has 0 aromatic rings. The Labute approximate surface area is 475 Å². The second kappa shape index (κ2) is 38.6. The number of aliphatic hydroxyl groups is 2. The number of hydrogen-bond acceptors (Lipinski definition) is 18. The first-order chi connectivity index (χ1) is 38.1. The van der Waals surface area contributed by atoms with E-state index in [2.05, 4.69) is 72.3 Å². The molecular formula is C52H98N16O13. The molecule has 1 saturated heterocycles. The van der Waals surface area contributed by atoms with Crippen molar-refractivity contribution in [1.82, 2.24) is 58.5 Å². The van der Waals surface area contributed by atoms with E-state index >= 15 is 0 Å². The minimum atomic E-state index is -1.69. The van der Waals surface area contributed by atoms with Crippen LogP contribution in [0.3, 0.4) is 0 Å². The van der Waals surface area contributed by atoms with Gasteiger partial charge in [-0.1, -0.05) is 54.4 Å². The summed E-state index contributed by atoms with van der Waals surface area (Å²) in [6.45, 7) is 12.3. The number of nitrogens with one attached hydrogen (secondary N) is 11. The van der Waals surface area contributed by atoms with Gasteiger partial charge >= 0.3 is 0 Å². The fraction of sp³-hybridized carbons (Fsp3) is 0.788. The maximum atomic E-state index is 14.4. The SMILES string of the molecule is CC(C)CCCCC(=O)N[C@H](CCN)C(=O)N[C@H](C(=O)NC(CCN)C(=O)NC1CCNC(=O)C(C(C)O)NC(=O)C(CCN)NC(=O)[C@H](CCN)NC(=O)[C@H](C(C)C)CNC(=O)C(CC(C)C)NC(=O)C(CCN)NC1=O)[C@@H](C)O. The van der Waals surface area contributed by atoms with Gasteiger partial charge in [-0.25, -0.2) is 0 Å². The van der Waals surface area contributed by atoms with Gasteiger partial charge in [0.15, 0.2) is 0 Å². The predicted octanol–water partition coefficient (Wildman–Crippen LogP) is -5.97. The summed E-state index contributed by atoms with van der Waals surface area (Å²) < 4.78 is 0. The fourth-order valence-corrected chi connectivity index (χ4v) is 8.62. The molecule has 1 aliphatic rings. The molecule has 0 aromatic heterocycles. The standard InChI is InChI=1S/C52H98N16O13/c1-27(2)11-9-10-12-40(71)60-33(13-19-53)49(78)68-42(31(8)70)52(81)65-36(16-22-56)46(75)64-38-18-24-58-51(80)41(30(7)69)67-50(79)37(17-23-57)63-45(74)34(14-20-54)61-43(72)32(29(5)6)26-59-44(73)39(25-28(3)4)66-47(76)35(15-21-55)62-48(38)77/h27-39,41-42,69-70H,9-26,53-57H2,1-8H3,(H,58,80)(H,59,73)(H,60,71)(H,61,72)(H,62,77)(H,63,74)(H,64,75)(H,65,81)(H,66,76)(H,67,79)(H,68,78)/t30?,31-,32+,33-,34+,35?,36?,37?,38?,39?,41?,42+/m1/s1. The molecule has 1 aliphatic heterocycles. The number of unbranched alkanes of at least 4 members (excludes halogenated alkanes) is 1. The average Bonchev–Trinajstić information content (AvgIpc) is 3.38. The van der Waals surface area contributed by atoms with Crippen LogP contribution in [0.1, 0.15) is 126 Å². The zero-order valence-corrected chi connectivity index (χ0v) is 48.7. The Kier molecular flexibility index (Phi) is 34.7. The first-order valence-electron chi connectivity index (χ1n) is 28.3. The van der Waals surface area contributed by atoms with Gasteiger partial charge in [-0.3, -0.25) is 52.7 Å². The summed E-state index contributed by atoms with van der Waals surface area (Å²) in [5, 5.41) is 49.6. The van der Waals surface area contributed by atoms with E-state index in [0.29, 0.717) is 12.3 Å². The molecule has 11 amide bonds. The minimum Gasteiger partial charge on any atom is -0.391 e. The Morgan fingerprint density at radius 3 is 1.52 bits per heavy atom. The van der Waals surface area contributed by atoms with Crippen molar-refractivity contribution < 1.29 is 63.0 Å². The molecule has 0 radical (unpaired) electrons. The van der Waals surface area contributed by atoms with E-state index in [9.17, 15) is 63.0 Å². The van der Waals surface area contributed by atoms with Crippen LogP contribution in [-0.4, -0.2) is 188 Å². The molecule has 0 bridgehead atoms. The monoisotopic (exact) mass is 1150 g/mol. The lowest BCUT2D eigenvalue weighted by molar-refractivity contribution is -0.137. The van der Waals surface area contributed by atoms with Crippen molar-refractivity contribution in [3.05, 3.63) is 0 Å². The first-order valence-corrected chi connectivity index (χ1v) is 28.3. The third-order valence-corrected chi connectivity index (χ3v) is 13.4. The van der Waals surface area contributed by atoms with Crippen LogP contribution in [0.2, 0.25) is 0 Å². The number of carbonyl (C=O) groups excluding carboxylic acids is 11. The van der Waals surface area contributed by atoms with Crippen LogP contribution < -0.4 is 87.2 Å². The van der Waals surface area contributed by atoms with Crippen molar-refractivity contribution in [3.8, 4) is 0 Å². The molecule has 12 atom stereocenters. The van der Waals surface area contributed by atoms with Crippen LogP contribution in [0.4, 0.5) is 0 Å². The van der Waals surface area contributed by atoms with E-state index in [4.69, 9.17) is 28.7 Å². The minimum absolute atomic E-state index is 0.0128. The molecule has 1 heterocycles. The normalized spacial score (nSPS) is 23.4. The first kappa shape index (κ1) is 72.9. The van der Waals surface area contributed by atoms with Gasteiger partial charge in [0.2, 0.25) is 65.0 Å². The lowest BCUT2D eigenvalue weighted by atomic mass is 9.93. The van der Waals surface area contributed by atoms with Crippen molar-refractivity contribution in [2.75, 3.05) is 45.8 Å². The zero-order chi connectivity index (χ0) is 61.5. The van der Waals surface area contributed by atoms with Crippen molar-refractivity contribution in [2.24, 2.45) is 52.3 Å². The number of hydrogen-bond donors (Lipinski definition) is 18. The Balaban J connectivity index is 3.80. The van der Waals surface area contributed by atoms with E-state index in [-0.39, 0.29) is 90.1 Å².